The molecule has 0 bridgehead atoms. The van der Waals surface area contributed by atoms with Gasteiger partial charge in [-0.25, -0.2) is 18.1 Å². The number of rotatable bonds is 3. The quantitative estimate of drug-likeness (QED) is 0.507. The van der Waals surface area contributed by atoms with Crippen molar-refractivity contribution in [2.24, 2.45) is 5.14 Å². The van der Waals surface area contributed by atoms with Crippen LogP contribution in [0.3, 0.4) is 0 Å². The summed E-state index contributed by atoms with van der Waals surface area (Å²) in [6.45, 7) is 0. The Labute approximate surface area is 171 Å². The molecule has 28 heavy (non-hydrogen) atoms. The Bertz CT molecular complexity index is 1290. The van der Waals surface area contributed by atoms with Crippen LogP contribution in [0.4, 0.5) is 5.95 Å². The Morgan fingerprint density at radius 2 is 1.75 bits per heavy atom. The first kappa shape index (κ1) is 20.0. The van der Waals surface area contributed by atoms with Crippen molar-refractivity contribution in [1.29, 1.82) is 0 Å². The summed E-state index contributed by atoms with van der Waals surface area (Å²) in [7, 11) is -3.84. The molecule has 3 heterocycles. The molecule has 0 unspecified atom stereocenters. The molecule has 11 heteroatoms. The van der Waals surface area contributed by atoms with Gasteiger partial charge in [-0.2, -0.15) is 4.98 Å². The number of sulfonamides is 1. The summed E-state index contributed by atoms with van der Waals surface area (Å²) in [6.07, 6.45) is 5.06. The summed E-state index contributed by atoms with van der Waals surface area (Å²) in [6, 6.07) is 9.80. The van der Waals surface area contributed by atoms with E-state index < -0.39 is 10.0 Å². The Morgan fingerprint density at radius 1 is 1.00 bits per heavy atom. The molecule has 0 atom stereocenters. The number of pyridine rings is 2. The number of nitrogens with two attached hydrogens (primary N) is 2. The fourth-order valence-corrected chi connectivity index (χ4v) is 3.49. The number of hydrogen-bond acceptors (Lipinski definition) is 6. The maximum Gasteiger partial charge on any atom is 0.240 e. The summed E-state index contributed by atoms with van der Waals surface area (Å²) >= 11 is 6.26. The minimum absolute atomic E-state index is 0. The molecule has 4 N–H and O–H groups in total. The lowest BCUT2D eigenvalue weighted by Gasteiger charge is -2.09. The number of aromatic nitrogens is 4. The van der Waals surface area contributed by atoms with E-state index in [4.69, 9.17) is 22.5 Å². The van der Waals surface area contributed by atoms with Crippen molar-refractivity contribution < 1.29 is 8.42 Å². The average molecular weight is 437 g/mol. The van der Waals surface area contributed by atoms with E-state index in [1.54, 1.807) is 29.2 Å². The Kier molecular flexibility index (Phi) is 5.26. The topological polar surface area (TPSA) is 129 Å². The molecule has 4 aromatic rings. The first-order valence-corrected chi connectivity index (χ1v) is 9.64. The van der Waals surface area contributed by atoms with Crippen LogP contribution in [-0.4, -0.2) is 28.0 Å². The number of anilines is 1. The number of benzene rings is 1. The number of nitrogen functional groups attached to an aromatic ring is 1. The Balaban J connectivity index is 0.00000225. The van der Waals surface area contributed by atoms with Gasteiger partial charge in [-0.3, -0.25) is 4.98 Å². The van der Waals surface area contributed by atoms with Gasteiger partial charge in [0, 0.05) is 45.9 Å². The van der Waals surface area contributed by atoms with E-state index >= 15 is 0 Å². The second-order valence-corrected chi connectivity index (χ2v) is 7.81. The van der Waals surface area contributed by atoms with E-state index in [0.717, 1.165) is 11.1 Å². The third-order valence-electron chi connectivity index (χ3n) is 4.00. The number of nitrogens with zero attached hydrogens (tertiary/aromatic N) is 4. The van der Waals surface area contributed by atoms with Gasteiger partial charge in [-0.15, -0.1) is 17.5 Å². The molecule has 3 aromatic heterocycles. The van der Waals surface area contributed by atoms with Crippen molar-refractivity contribution in [3.05, 3.63) is 60.0 Å². The molecule has 0 saturated heterocycles. The van der Waals surface area contributed by atoms with Gasteiger partial charge in [0.05, 0.1) is 4.90 Å². The SMILES string of the molecule is Cl.Nc1nc2ccc(-c3cncc(-c4cc(S(N)(=O)=O)ccc4Cl)c3)cn2n1. The average Bonchev–Trinajstić information content (AvgIpc) is 3.00. The minimum Gasteiger partial charge on any atom is -0.366 e. The molecule has 0 fully saturated rings. The molecule has 0 radical (unpaired) electrons. The normalized spacial score (nSPS) is 11.4. The summed E-state index contributed by atoms with van der Waals surface area (Å²) < 4.78 is 24.8. The zero-order chi connectivity index (χ0) is 19.2. The molecule has 1 aromatic carbocycles. The van der Waals surface area contributed by atoms with Crippen LogP contribution in [0.15, 0.2) is 59.9 Å². The maximum atomic E-state index is 11.6. The molecule has 0 aliphatic carbocycles. The highest BCUT2D eigenvalue weighted by Gasteiger charge is 2.13. The Hall–Kier alpha value is -2.72. The van der Waals surface area contributed by atoms with Gasteiger partial charge in [0.2, 0.25) is 16.0 Å². The van der Waals surface area contributed by atoms with Crippen LogP contribution in [0, 0.1) is 0 Å². The van der Waals surface area contributed by atoms with E-state index in [1.165, 1.54) is 18.2 Å². The fourth-order valence-electron chi connectivity index (χ4n) is 2.72. The van der Waals surface area contributed by atoms with Gasteiger partial charge in [0.15, 0.2) is 5.65 Å². The Morgan fingerprint density at radius 3 is 2.50 bits per heavy atom. The van der Waals surface area contributed by atoms with E-state index in [9.17, 15) is 8.42 Å². The molecule has 4 rings (SSSR count). The van der Waals surface area contributed by atoms with E-state index in [0.29, 0.717) is 21.8 Å². The maximum absolute atomic E-state index is 11.6. The van der Waals surface area contributed by atoms with Crippen LogP contribution < -0.4 is 10.9 Å². The second kappa shape index (κ2) is 7.36. The molecule has 0 aliphatic rings. The first-order chi connectivity index (χ1) is 12.8. The summed E-state index contributed by atoms with van der Waals surface area (Å²) in [5.41, 5.74) is 9.04. The molecular weight excluding hydrogens is 423 g/mol. The summed E-state index contributed by atoms with van der Waals surface area (Å²) in [5, 5.41) is 9.70. The van der Waals surface area contributed by atoms with Gasteiger partial charge in [0.1, 0.15) is 0 Å². The lowest BCUT2D eigenvalue weighted by molar-refractivity contribution is 0.598. The third-order valence-corrected chi connectivity index (χ3v) is 5.24. The number of halogens is 2. The molecule has 8 nitrogen and oxygen atoms in total. The van der Waals surface area contributed by atoms with Crippen LogP contribution >= 0.6 is 24.0 Å². The molecule has 0 aliphatic heterocycles. The molecule has 0 amide bonds. The monoisotopic (exact) mass is 436 g/mol. The van der Waals surface area contributed by atoms with Crippen LogP contribution in [0.1, 0.15) is 0 Å². The van der Waals surface area contributed by atoms with Crippen molar-refractivity contribution in [3.8, 4) is 22.3 Å². The highest BCUT2D eigenvalue weighted by atomic mass is 35.5. The van der Waals surface area contributed by atoms with Crippen molar-refractivity contribution >= 4 is 45.6 Å². The highest BCUT2D eigenvalue weighted by molar-refractivity contribution is 7.89. The van der Waals surface area contributed by atoms with Gasteiger partial charge < -0.3 is 5.73 Å². The van der Waals surface area contributed by atoms with Crippen LogP contribution in [0.25, 0.3) is 27.9 Å². The number of fused-ring (bicyclic) bond motifs is 1. The van der Waals surface area contributed by atoms with E-state index in [1.807, 2.05) is 12.1 Å². The molecule has 144 valence electrons. The van der Waals surface area contributed by atoms with E-state index in [-0.39, 0.29) is 23.3 Å². The highest BCUT2D eigenvalue weighted by Crippen LogP contribution is 2.32. The van der Waals surface area contributed by atoms with Gasteiger partial charge in [0.25, 0.3) is 0 Å². The van der Waals surface area contributed by atoms with Crippen molar-refractivity contribution in [1.82, 2.24) is 19.6 Å². The fraction of sp³-hybridized carbons (Fsp3) is 0. The van der Waals surface area contributed by atoms with Crippen LogP contribution in [-0.2, 0) is 10.0 Å². The van der Waals surface area contributed by atoms with E-state index in [2.05, 4.69) is 15.1 Å². The number of primary sulfonamides is 1. The third kappa shape index (κ3) is 3.78. The standard InChI is InChI=1S/C17H13ClN6O2S.ClH/c18-15-3-2-13(27(20,25)26)6-14(15)12-5-11(7-21-8-12)10-1-4-16-22-17(19)23-24(16)9-10;/h1-9H,(H2,19,23)(H2,20,25,26);1H. The number of hydrogen-bond donors (Lipinski definition) is 2. The van der Waals surface area contributed by atoms with Gasteiger partial charge in [-0.05, 0) is 36.4 Å². The predicted molar refractivity (Wildman–Crippen MR) is 110 cm³/mol. The zero-order valence-corrected chi connectivity index (χ0v) is 16.5. The first-order valence-electron chi connectivity index (χ1n) is 7.71. The minimum atomic E-state index is -3.84. The lowest BCUT2D eigenvalue weighted by Crippen LogP contribution is -2.12. The van der Waals surface area contributed by atoms with Crippen molar-refractivity contribution in [2.75, 3.05) is 5.73 Å². The van der Waals surface area contributed by atoms with Crippen LogP contribution in [0.2, 0.25) is 5.02 Å². The largest absolute Gasteiger partial charge is 0.366 e. The summed E-state index contributed by atoms with van der Waals surface area (Å²) in [4.78, 5) is 8.31. The zero-order valence-electron chi connectivity index (χ0n) is 14.2. The smallest absolute Gasteiger partial charge is 0.240 e. The van der Waals surface area contributed by atoms with Crippen LogP contribution in [0.5, 0.6) is 0 Å². The molecular formula is C17H14Cl2N6O2S. The second-order valence-electron chi connectivity index (χ2n) is 5.84. The lowest BCUT2D eigenvalue weighted by atomic mass is 10.0. The van der Waals surface area contributed by atoms with Crippen molar-refractivity contribution in [3.63, 3.8) is 0 Å². The molecule has 0 saturated carbocycles. The summed E-state index contributed by atoms with van der Waals surface area (Å²) in [5.74, 6) is 0.186. The van der Waals surface area contributed by atoms with Crippen molar-refractivity contribution in [2.45, 2.75) is 4.90 Å². The predicted octanol–water partition coefficient (Wildman–Crippen LogP) is 2.76. The van der Waals surface area contributed by atoms with Gasteiger partial charge in [-0.1, -0.05) is 11.6 Å². The van der Waals surface area contributed by atoms with Gasteiger partial charge >= 0.3 is 0 Å². The molecule has 0 spiro atoms.